The summed E-state index contributed by atoms with van der Waals surface area (Å²) in [5, 5.41) is 3.68. The largest absolute Gasteiger partial charge is 0.319 e. The summed E-state index contributed by atoms with van der Waals surface area (Å²) >= 11 is 1.16. The molecular weight excluding hydrogens is 370 g/mol. The van der Waals surface area contributed by atoms with Crippen LogP contribution in [0.2, 0.25) is 0 Å². The van der Waals surface area contributed by atoms with Crippen molar-refractivity contribution in [2.24, 2.45) is 0 Å². The van der Waals surface area contributed by atoms with Gasteiger partial charge in [-0.25, -0.2) is 8.78 Å². The molecule has 7 heteroatoms. The Morgan fingerprint density at radius 3 is 2.67 bits per heavy atom. The van der Waals surface area contributed by atoms with Gasteiger partial charge in [-0.05, 0) is 31.2 Å². The normalized spacial score (nSPS) is 11.2. The number of hydrogen-bond acceptors (Lipinski definition) is 3. The second kappa shape index (κ2) is 6.59. The standard InChI is InChI=1S/C20H14F2N2O2S/c1-2-24-16-6-4-3-5-12(16)18-13(20(24)26)10-17(27-18)19(25)23-15-9-11(21)7-8-14(15)22/h3-10H,2H2,1H3,(H,23,25). The molecule has 2 heterocycles. The topological polar surface area (TPSA) is 51.1 Å². The molecule has 0 unspecified atom stereocenters. The maximum absolute atomic E-state index is 13.8. The molecule has 0 saturated heterocycles. The molecule has 0 atom stereocenters. The lowest BCUT2D eigenvalue weighted by Crippen LogP contribution is -2.19. The van der Waals surface area contributed by atoms with E-state index in [1.807, 2.05) is 31.2 Å². The smallest absolute Gasteiger partial charge is 0.265 e. The van der Waals surface area contributed by atoms with Crippen molar-refractivity contribution in [2.45, 2.75) is 13.5 Å². The number of nitrogens with one attached hydrogen (secondary N) is 1. The number of nitrogens with zero attached hydrogens (tertiary/aromatic N) is 1. The maximum Gasteiger partial charge on any atom is 0.265 e. The van der Waals surface area contributed by atoms with Crippen LogP contribution in [0.5, 0.6) is 0 Å². The summed E-state index contributed by atoms with van der Waals surface area (Å²) in [6, 6.07) is 11.8. The van der Waals surface area contributed by atoms with Crippen LogP contribution in [0, 0.1) is 11.6 Å². The van der Waals surface area contributed by atoms with Gasteiger partial charge in [0.15, 0.2) is 0 Å². The third kappa shape index (κ3) is 2.90. The van der Waals surface area contributed by atoms with Gasteiger partial charge in [0.1, 0.15) is 11.6 Å². The summed E-state index contributed by atoms with van der Waals surface area (Å²) in [6.45, 7) is 2.38. The van der Waals surface area contributed by atoms with Gasteiger partial charge in [-0.2, -0.15) is 0 Å². The lowest BCUT2D eigenvalue weighted by Gasteiger charge is -2.08. The highest BCUT2D eigenvalue weighted by molar-refractivity contribution is 7.21. The number of para-hydroxylation sites is 1. The minimum atomic E-state index is -0.732. The Bertz CT molecular complexity index is 1260. The number of thiophene rings is 1. The molecule has 0 aliphatic heterocycles. The molecule has 0 fully saturated rings. The van der Waals surface area contributed by atoms with Gasteiger partial charge in [0, 0.05) is 22.7 Å². The van der Waals surface area contributed by atoms with Crippen LogP contribution < -0.4 is 10.9 Å². The lowest BCUT2D eigenvalue weighted by atomic mass is 10.1. The number of aromatic nitrogens is 1. The molecule has 4 aromatic rings. The van der Waals surface area contributed by atoms with E-state index < -0.39 is 17.5 Å². The average molecular weight is 384 g/mol. The van der Waals surface area contributed by atoms with Crippen molar-refractivity contribution in [1.82, 2.24) is 4.57 Å². The first-order valence-electron chi connectivity index (χ1n) is 8.31. The fourth-order valence-corrected chi connectivity index (χ4v) is 4.19. The van der Waals surface area contributed by atoms with Crippen molar-refractivity contribution in [2.75, 3.05) is 5.32 Å². The van der Waals surface area contributed by atoms with Gasteiger partial charge in [-0.3, -0.25) is 9.59 Å². The first kappa shape index (κ1) is 17.4. The quantitative estimate of drug-likeness (QED) is 0.553. The van der Waals surface area contributed by atoms with Crippen LogP contribution in [0.15, 0.2) is 53.3 Å². The molecule has 0 radical (unpaired) electrons. The number of aryl methyl sites for hydroxylation is 1. The van der Waals surface area contributed by atoms with Crippen molar-refractivity contribution in [3.8, 4) is 0 Å². The van der Waals surface area contributed by atoms with E-state index >= 15 is 0 Å². The fourth-order valence-electron chi connectivity index (χ4n) is 3.11. The second-order valence-corrected chi connectivity index (χ2v) is 7.05. The first-order valence-corrected chi connectivity index (χ1v) is 9.12. The van der Waals surface area contributed by atoms with Crippen molar-refractivity contribution in [1.29, 1.82) is 0 Å². The Morgan fingerprint density at radius 1 is 1.11 bits per heavy atom. The minimum Gasteiger partial charge on any atom is -0.319 e. The molecule has 1 amide bonds. The number of carbonyl (C=O) groups excluding carboxylic acids is 1. The molecule has 4 rings (SSSR count). The number of fused-ring (bicyclic) bond motifs is 3. The Morgan fingerprint density at radius 2 is 1.89 bits per heavy atom. The van der Waals surface area contributed by atoms with Crippen LogP contribution in [0.1, 0.15) is 16.6 Å². The van der Waals surface area contributed by atoms with Crippen LogP contribution in [0.4, 0.5) is 14.5 Å². The molecule has 2 aromatic heterocycles. The summed E-state index contributed by atoms with van der Waals surface area (Å²) in [5.41, 5.74) is 0.370. The van der Waals surface area contributed by atoms with Crippen molar-refractivity contribution in [3.63, 3.8) is 0 Å². The molecule has 0 aliphatic carbocycles. The van der Waals surface area contributed by atoms with Crippen molar-refractivity contribution < 1.29 is 13.6 Å². The fraction of sp³-hybridized carbons (Fsp3) is 0.100. The molecule has 0 saturated carbocycles. The Hall–Kier alpha value is -3.06. The third-order valence-electron chi connectivity index (χ3n) is 4.36. The monoisotopic (exact) mass is 384 g/mol. The number of anilines is 1. The van der Waals surface area contributed by atoms with Gasteiger partial charge in [-0.15, -0.1) is 11.3 Å². The van der Waals surface area contributed by atoms with E-state index in [0.29, 0.717) is 16.6 Å². The number of pyridine rings is 1. The van der Waals surface area contributed by atoms with Gasteiger partial charge in [-0.1, -0.05) is 18.2 Å². The van der Waals surface area contributed by atoms with Crippen LogP contribution in [-0.4, -0.2) is 10.5 Å². The second-order valence-electron chi connectivity index (χ2n) is 6.00. The minimum absolute atomic E-state index is 0.182. The molecule has 0 bridgehead atoms. The van der Waals surface area contributed by atoms with E-state index in [1.54, 1.807) is 4.57 Å². The first-order chi connectivity index (χ1) is 13.0. The highest BCUT2D eigenvalue weighted by atomic mass is 32.1. The molecule has 4 nitrogen and oxygen atoms in total. The van der Waals surface area contributed by atoms with Gasteiger partial charge in [0.05, 0.1) is 21.5 Å². The molecule has 0 spiro atoms. The lowest BCUT2D eigenvalue weighted by molar-refractivity contribution is 0.103. The summed E-state index contributed by atoms with van der Waals surface area (Å²) in [7, 11) is 0. The number of halogens is 2. The zero-order chi connectivity index (χ0) is 19.1. The molecule has 136 valence electrons. The number of rotatable bonds is 3. The van der Waals surface area contributed by atoms with E-state index in [9.17, 15) is 18.4 Å². The predicted molar refractivity (Wildman–Crippen MR) is 104 cm³/mol. The third-order valence-corrected chi connectivity index (χ3v) is 5.53. The van der Waals surface area contributed by atoms with E-state index in [-0.39, 0.29) is 16.1 Å². The van der Waals surface area contributed by atoms with Crippen LogP contribution in [-0.2, 0) is 6.54 Å². The highest BCUT2D eigenvalue weighted by Gasteiger charge is 2.18. The van der Waals surface area contributed by atoms with Crippen molar-refractivity contribution in [3.05, 3.63) is 75.4 Å². The average Bonchev–Trinajstić information content (AvgIpc) is 3.11. The SMILES string of the molecule is CCn1c(=O)c2cc(C(=O)Nc3cc(F)ccc3F)sc2c2ccccc21. The summed E-state index contributed by atoms with van der Waals surface area (Å²) in [5.74, 6) is -1.98. The number of carbonyl (C=O) groups is 1. The highest BCUT2D eigenvalue weighted by Crippen LogP contribution is 2.31. The van der Waals surface area contributed by atoms with E-state index in [2.05, 4.69) is 5.32 Å². The Labute approximate surface area is 156 Å². The van der Waals surface area contributed by atoms with Crippen LogP contribution in [0.3, 0.4) is 0 Å². The number of hydrogen-bond donors (Lipinski definition) is 1. The van der Waals surface area contributed by atoms with E-state index in [4.69, 9.17) is 0 Å². The summed E-state index contributed by atoms with van der Waals surface area (Å²) < 4.78 is 29.5. The van der Waals surface area contributed by atoms with E-state index in [1.165, 1.54) is 6.07 Å². The Kier molecular flexibility index (Phi) is 4.24. The zero-order valence-electron chi connectivity index (χ0n) is 14.3. The molecule has 27 heavy (non-hydrogen) atoms. The Balaban J connectivity index is 1.85. The summed E-state index contributed by atoms with van der Waals surface area (Å²) in [4.78, 5) is 25.6. The van der Waals surface area contributed by atoms with Gasteiger partial charge >= 0.3 is 0 Å². The molecular formula is C20H14F2N2O2S. The van der Waals surface area contributed by atoms with Crippen LogP contribution >= 0.6 is 11.3 Å². The van der Waals surface area contributed by atoms with E-state index in [0.717, 1.165) is 40.4 Å². The number of amides is 1. The molecule has 1 N–H and O–H groups in total. The maximum atomic E-state index is 13.8. The van der Waals surface area contributed by atoms with Crippen molar-refractivity contribution >= 4 is 43.9 Å². The van der Waals surface area contributed by atoms with Gasteiger partial charge in [0.25, 0.3) is 11.5 Å². The number of benzene rings is 2. The zero-order valence-corrected chi connectivity index (χ0v) is 15.1. The van der Waals surface area contributed by atoms with Gasteiger partial charge < -0.3 is 9.88 Å². The van der Waals surface area contributed by atoms with Crippen LogP contribution in [0.25, 0.3) is 21.0 Å². The van der Waals surface area contributed by atoms with Gasteiger partial charge in [0.2, 0.25) is 0 Å². The molecule has 0 aliphatic rings. The molecule has 2 aromatic carbocycles. The summed E-state index contributed by atoms with van der Waals surface area (Å²) in [6.07, 6.45) is 0. The predicted octanol–water partition coefficient (Wildman–Crippen LogP) is 4.77.